The van der Waals surface area contributed by atoms with Gasteiger partial charge in [0.15, 0.2) is 0 Å². The van der Waals surface area contributed by atoms with Gasteiger partial charge in [0.1, 0.15) is 5.60 Å². The van der Waals surface area contributed by atoms with E-state index in [0.717, 1.165) is 26.2 Å². The van der Waals surface area contributed by atoms with Crippen LogP contribution in [0.25, 0.3) is 0 Å². The van der Waals surface area contributed by atoms with Crippen molar-refractivity contribution in [2.75, 3.05) is 46.3 Å². The van der Waals surface area contributed by atoms with Crippen molar-refractivity contribution in [1.29, 1.82) is 0 Å². The van der Waals surface area contributed by atoms with Crippen molar-refractivity contribution in [2.45, 2.75) is 39.5 Å². The number of ether oxygens (including phenoxy) is 1. The van der Waals surface area contributed by atoms with E-state index >= 15 is 0 Å². The van der Waals surface area contributed by atoms with E-state index in [1.807, 2.05) is 27.8 Å². The van der Waals surface area contributed by atoms with E-state index in [9.17, 15) is 4.79 Å². The highest BCUT2D eigenvalue weighted by molar-refractivity contribution is 5.68. The number of rotatable bonds is 6. The molecule has 21 heavy (non-hydrogen) atoms. The molecule has 0 aromatic heterocycles. The third kappa shape index (κ3) is 6.60. The fourth-order valence-corrected chi connectivity index (χ4v) is 2.31. The summed E-state index contributed by atoms with van der Waals surface area (Å²) in [5, 5.41) is 3.33. The predicted octanol–water partition coefficient (Wildman–Crippen LogP) is 0.199. The Morgan fingerprint density at radius 3 is 2.52 bits per heavy atom. The van der Waals surface area contributed by atoms with Crippen LogP contribution in [0.5, 0.6) is 0 Å². The van der Waals surface area contributed by atoms with Crippen molar-refractivity contribution < 1.29 is 9.53 Å². The first-order valence-corrected chi connectivity index (χ1v) is 7.69. The topological polar surface area (TPSA) is 68.9 Å². The maximum atomic E-state index is 12.5. The fourth-order valence-electron chi connectivity index (χ4n) is 2.31. The molecule has 0 spiro atoms. The second-order valence-electron chi connectivity index (χ2n) is 6.27. The highest BCUT2D eigenvalue weighted by Gasteiger charge is 2.29. The largest absolute Gasteiger partial charge is 0.444 e. The van der Waals surface area contributed by atoms with E-state index in [1.54, 1.807) is 4.90 Å². The second kappa shape index (κ2) is 8.53. The smallest absolute Gasteiger partial charge is 0.411 e. The summed E-state index contributed by atoms with van der Waals surface area (Å²) in [5.41, 5.74) is 5.42. The molecule has 7 nitrogen and oxygen atoms in total. The number of carbonyl (C=O) groups excluding carboxylic acids is 1. The first kappa shape index (κ1) is 18.2. The maximum absolute atomic E-state index is 12.5. The normalized spacial score (nSPS) is 18.3. The van der Waals surface area contributed by atoms with E-state index in [4.69, 9.17) is 4.74 Å². The minimum absolute atomic E-state index is 0.0283. The molecule has 1 unspecified atom stereocenters. The number of nitrogens with zero attached hydrogens (tertiary/aromatic N) is 2. The van der Waals surface area contributed by atoms with Crippen molar-refractivity contribution >= 4 is 6.09 Å². The van der Waals surface area contributed by atoms with Crippen molar-refractivity contribution in [2.24, 2.45) is 0 Å². The van der Waals surface area contributed by atoms with Crippen molar-refractivity contribution in [3.05, 3.63) is 0 Å². The highest BCUT2D eigenvalue weighted by Crippen LogP contribution is 2.14. The number of hydrogen-bond acceptors (Lipinski definition) is 6. The average molecular weight is 301 g/mol. The minimum Gasteiger partial charge on any atom is -0.444 e. The van der Waals surface area contributed by atoms with Crippen LogP contribution in [0.4, 0.5) is 4.79 Å². The average Bonchev–Trinajstić information content (AvgIpc) is 2.42. The summed E-state index contributed by atoms with van der Waals surface area (Å²) in [6.07, 6.45) is -0.230. The van der Waals surface area contributed by atoms with Crippen LogP contribution < -0.4 is 16.2 Å². The number of carbonyl (C=O) groups is 1. The fraction of sp³-hybridized carbons (Fsp3) is 0.929. The quantitative estimate of drug-likeness (QED) is 0.481. The van der Waals surface area contributed by atoms with Crippen LogP contribution in [0.2, 0.25) is 0 Å². The molecule has 1 rings (SSSR count). The lowest BCUT2D eigenvalue weighted by molar-refractivity contribution is -0.00989. The van der Waals surface area contributed by atoms with Gasteiger partial charge in [0, 0.05) is 39.3 Å². The summed E-state index contributed by atoms with van der Waals surface area (Å²) in [4.78, 5) is 16.5. The molecular weight excluding hydrogens is 270 g/mol. The Labute approximate surface area is 128 Å². The lowest BCUT2D eigenvalue weighted by Gasteiger charge is -2.40. The Morgan fingerprint density at radius 1 is 1.38 bits per heavy atom. The summed E-state index contributed by atoms with van der Waals surface area (Å²) >= 11 is 0. The van der Waals surface area contributed by atoms with Crippen LogP contribution in [0.15, 0.2) is 0 Å². The zero-order valence-electron chi connectivity index (χ0n) is 14.0. The molecule has 7 heteroatoms. The van der Waals surface area contributed by atoms with Gasteiger partial charge in [-0.15, -0.1) is 0 Å². The van der Waals surface area contributed by atoms with Crippen molar-refractivity contribution in [3.8, 4) is 0 Å². The van der Waals surface area contributed by atoms with E-state index in [2.05, 4.69) is 28.0 Å². The number of piperazine rings is 1. The van der Waals surface area contributed by atoms with Gasteiger partial charge in [-0.05, 0) is 34.7 Å². The van der Waals surface area contributed by atoms with Crippen molar-refractivity contribution in [3.63, 3.8) is 0 Å². The molecule has 3 N–H and O–H groups in total. The molecule has 0 bridgehead atoms. The molecular formula is C14H31N5O2. The molecule has 1 aliphatic rings. The Bertz CT molecular complexity index is 313. The van der Waals surface area contributed by atoms with Crippen molar-refractivity contribution in [1.82, 2.24) is 26.0 Å². The minimum atomic E-state index is -0.477. The van der Waals surface area contributed by atoms with Gasteiger partial charge in [-0.25, -0.2) is 4.79 Å². The van der Waals surface area contributed by atoms with Crippen LogP contribution in [0.3, 0.4) is 0 Å². The number of amides is 1. The standard InChI is InChI=1S/C14H31N5O2/c1-12(18-9-6-16-7-10-18)19(11-8-17-15-5)13(20)21-14(2,3)4/h12,15-17H,6-11H2,1-5H3. The lowest BCUT2D eigenvalue weighted by Crippen LogP contribution is -2.57. The predicted molar refractivity (Wildman–Crippen MR) is 83.9 cm³/mol. The van der Waals surface area contributed by atoms with Gasteiger partial charge in [0.05, 0.1) is 6.17 Å². The SMILES string of the molecule is CNNCCN(C(=O)OC(C)(C)C)C(C)N1CCNCC1. The van der Waals surface area contributed by atoms with Crippen LogP contribution >= 0.6 is 0 Å². The molecule has 0 saturated carbocycles. The first-order valence-electron chi connectivity index (χ1n) is 7.69. The Hall–Kier alpha value is -0.890. The number of nitrogens with one attached hydrogen (secondary N) is 3. The van der Waals surface area contributed by atoms with Gasteiger partial charge in [0.25, 0.3) is 0 Å². The third-order valence-electron chi connectivity index (χ3n) is 3.41. The van der Waals surface area contributed by atoms with E-state index in [0.29, 0.717) is 13.1 Å². The van der Waals surface area contributed by atoms with E-state index in [-0.39, 0.29) is 12.3 Å². The monoisotopic (exact) mass is 301 g/mol. The molecule has 124 valence electrons. The van der Waals surface area contributed by atoms with Crippen LogP contribution in [-0.4, -0.2) is 74.0 Å². The molecule has 1 atom stereocenters. The van der Waals surface area contributed by atoms with Gasteiger partial charge in [0.2, 0.25) is 0 Å². The Kier molecular flexibility index (Phi) is 7.37. The summed E-state index contributed by atoms with van der Waals surface area (Å²) in [5.74, 6) is 0. The maximum Gasteiger partial charge on any atom is 0.411 e. The molecule has 1 amide bonds. The summed E-state index contributed by atoms with van der Waals surface area (Å²) < 4.78 is 5.54. The lowest BCUT2D eigenvalue weighted by atomic mass is 10.2. The zero-order valence-corrected chi connectivity index (χ0v) is 14.0. The zero-order chi connectivity index (χ0) is 15.9. The highest BCUT2D eigenvalue weighted by atomic mass is 16.6. The van der Waals surface area contributed by atoms with Crippen LogP contribution in [0.1, 0.15) is 27.7 Å². The molecule has 1 aliphatic heterocycles. The van der Waals surface area contributed by atoms with E-state index in [1.165, 1.54) is 0 Å². The third-order valence-corrected chi connectivity index (χ3v) is 3.41. The molecule has 0 aromatic carbocycles. The molecule has 1 saturated heterocycles. The van der Waals surface area contributed by atoms with Gasteiger partial charge >= 0.3 is 6.09 Å². The van der Waals surface area contributed by atoms with Crippen LogP contribution in [-0.2, 0) is 4.74 Å². The Morgan fingerprint density at radius 2 is 2.00 bits per heavy atom. The summed E-state index contributed by atoms with van der Waals surface area (Å²) in [6.45, 7) is 12.8. The van der Waals surface area contributed by atoms with Gasteiger partial charge in [-0.3, -0.25) is 20.7 Å². The van der Waals surface area contributed by atoms with Gasteiger partial charge in [-0.2, -0.15) is 0 Å². The molecule has 0 aromatic rings. The molecule has 0 radical (unpaired) electrons. The Balaban J connectivity index is 2.67. The van der Waals surface area contributed by atoms with Gasteiger partial charge < -0.3 is 10.1 Å². The number of hydrogen-bond donors (Lipinski definition) is 3. The summed E-state index contributed by atoms with van der Waals surface area (Å²) in [7, 11) is 1.82. The summed E-state index contributed by atoms with van der Waals surface area (Å²) in [6, 6.07) is 0. The molecule has 1 fully saturated rings. The molecule has 0 aliphatic carbocycles. The second-order valence-corrected chi connectivity index (χ2v) is 6.27. The van der Waals surface area contributed by atoms with Gasteiger partial charge in [-0.1, -0.05) is 0 Å². The van der Waals surface area contributed by atoms with Crippen LogP contribution in [0, 0.1) is 0 Å². The number of hydrazine groups is 1. The van der Waals surface area contributed by atoms with E-state index < -0.39 is 5.60 Å². The molecule has 1 heterocycles. The first-order chi connectivity index (χ1) is 9.85.